The quantitative estimate of drug-likeness (QED) is 0.210. The molecule has 1 fully saturated rings. The van der Waals surface area contributed by atoms with Crippen molar-refractivity contribution in [2.24, 2.45) is 5.73 Å². The van der Waals surface area contributed by atoms with E-state index in [9.17, 15) is 13.6 Å². The fraction of sp³-hybridized carbons (Fsp3) is 0.429. The van der Waals surface area contributed by atoms with Gasteiger partial charge in [-0.2, -0.15) is 0 Å². The van der Waals surface area contributed by atoms with Crippen molar-refractivity contribution in [2.75, 3.05) is 32.3 Å². The molecular weight excluding hydrogens is 480 g/mol. The summed E-state index contributed by atoms with van der Waals surface area (Å²) in [6.07, 6.45) is 13.4. The maximum absolute atomic E-state index is 12.2. The number of alkyl halides is 1. The van der Waals surface area contributed by atoms with Crippen molar-refractivity contribution >= 4 is 23.8 Å². The minimum Gasteiger partial charge on any atom is -0.493 e. The largest absolute Gasteiger partial charge is 0.493 e. The van der Waals surface area contributed by atoms with E-state index < -0.39 is 6.09 Å². The molecule has 1 aliphatic rings. The summed E-state index contributed by atoms with van der Waals surface area (Å²) in [6.45, 7) is 15.5. The van der Waals surface area contributed by atoms with E-state index >= 15 is 0 Å². The van der Waals surface area contributed by atoms with E-state index in [1.807, 2.05) is 6.92 Å². The molecule has 9 heteroatoms. The number of nitrogens with zero attached hydrogens (tertiary/aromatic N) is 1. The summed E-state index contributed by atoms with van der Waals surface area (Å²) in [5.74, 6) is 0.942. The molecule has 37 heavy (non-hydrogen) atoms. The Morgan fingerprint density at radius 1 is 1.27 bits per heavy atom. The van der Waals surface area contributed by atoms with Gasteiger partial charge in [-0.05, 0) is 51.8 Å². The second-order valence-electron chi connectivity index (χ2n) is 7.13. The van der Waals surface area contributed by atoms with Crippen LogP contribution in [0.2, 0.25) is 0 Å². The van der Waals surface area contributed by atoms with Crippen LogP contribution >= 0.6 is 0 Å². The van der Waals surface area contributed by atoms with Crippen LogP contribution in [0.4, 0.5) is 19.3 Å². The molecule has 0 spiro atoms. The monoisotopic (exact) mass is 523 g/mol. The van der Waals surface area contributed by atoms with Gasteiger partial charge in [0, 0.05) is 29.6 Å². The van der Waals surface area contributed by atoms with Crippen molar-refractivity contribution < 1.29 is 27.8 Å². The second kappa shape index (κ2) is 25.3. The smallest absolute Gasteiger partial charge is 0.418 e. The number of carbonyl (C=O) groups excluding carboxylic acids is 2. The van der Waals surface area contributed by atoms with Crippen LogP contribution in [0.3, 0.4) is 0 Å². The summed E-state index contributed by atoms with van der Waals surface area (Å²) < 4.78 is 32.2. The number of allylic oxidation sites excluding steroid dienone is 3. The number of carbonyl (C=O) groups is 2. The molecule has 0 aliphatic carbocycles. The van der Waals surface area contributed by atoms with E-state index in [1.54, 1.807) is 19.9 Å². The predicted octanol–water partition coefficient (Wildman–Crippen LogP) is 6.83. The summed E-state index contributed by atoms with van der Waals surface area (Å²) in [7, 11) is 0.500. The lowest BCUT2D eigenvalue weighted by molar-refractivity contribution is -0.106. The van der Waals surface area contributed by atoms with Crippen LogP contribution in [-0.4, -0.2) is 44.3 Å². The van der Waals surface area contributed by atoms with E-state index in [4.69, 9.17) is 9.53 Å². The Balaban J connectivity index is -0.000000525. The molecule has 1 heterocycles. The first-order valence-electron chi connectivity index (χ1n) is 11.7. The molecule has 2 amide bonds. The number of nitrogens with one attached hydrogen (secondary N) is 1. The number of rotatable bonds is 9. The van der Waals surface area contributed by atoms with Gasteiger partial charge in [-0.15, -0.1) is 12.8 Å². The summed E-state index contributed by atoms with van der Waals surface area (Å²) in [5, 5.41) is 3.31. The number of ether oxygens (including phenoxy) is 2. The molecular formula is C28H43F2N3O4. The Bertz CT molecular complexity index is 868. The van der Waals surface area contributed by atoms with Gasteiger partial charge >= 0.3 is 6.09 Å². The number of anilines is 1. The molecule has 0 radical (unpaired) electrons. The van der Waals surface area contributed by atoms with Crippen molar-refractivity contribution in [1.82, 2.24) is 4.90 Å². The van der Waals surface area contributed by atoms with Gasteiger partial charge < -0.3 is 20.5 Å². The van der Waals surface area contributed by atoms with Crippen molar-refractivity contribution in [1.29, 1.82) is 0 Å². The molecule has 0 atom stereocenters. The Hall–Kier alpha value is -3.80. The number of amides is 2. The fourth-order valence-electron chi connectivity index (χ4n) is 2.80. The molecule has 3 N–H and O–H groups in total. The molecule has 0 unspecified atom stereocenters. The Labute approximate surface area is 221 Å². The standard InChI is InChI=1S/C16H25NO.C8H10FNO2.C2H2.CH3F.CH3NO/c1-5-7-8-11-18-16-12-14(17-6-2)9-10-15(16)13(3)4;1-3-6(2)10-7(4-9)5-12-8(10)11;2*1-2;2-1-3/h9-10,12,17H,3,5-8,11H2,1-2,4H3;3-4H,5H2,1-2H3;1-2H;1H3;1H,(H2,2,3)/b;6-3+,7-4+;;;. The van der Waals surface area contributed by atoms with Gasteiger partial charge in [0.1, 0.15) is 18.7 Å². The van der Waals surface area contributed by atoms with Crippen molar-refractivity contribution in [3.63, 3.8) is 0 Å². The topological polar surface area (TPSA) is 93.9 Å². The maximum atomic E-state index is 12.2. The number of unbranched alkanes of at least 4 members (excludes halogenated alkanes) is 2. The lowest BCUT2D eigenvalue weighted by atomic mass is 10.1. The average molecular weight is 524 g/mol. The SMILES string of the molecule is C#C.C/C=C(\C)N1C(=O)OC/C1=C\F.C=C(C)c1ccc(NCC)cc1OCCCCC.CF.NC=O. The van der Waals surface area contributed by atoms with E-state index in [1.165, 1.54) is 17.7 Å². The number of benzene rings is 1. The van der Waals surface area contributed by atoms with E-state index in [2.05, 4.69) is 67.3 Å². The van der Waals surface area contributed by atoms with Gasteiger partial charge in [0.2, 0.25) is 6.41 Å². The fourth-order valence-corrected chi connectivity index (χ4v) is 2.80. The average Bonchev–Trinajstić information content (AvgIpc) is 3.30. The van der Waals surface area contributed by atoms with Crippen molar-refractivity contribution in [3.05, 3.63) is 54.1 Å². The number of primary amides is 1. The highest BCUT2D eigenvalue weighted by atomic mass is 19.1. The number of nitrogens with two attached hydrogens (primary N) is 1. The zero-order valence-corrected chi connectivity index (χ0v) is 23.0. The molecule has 1 aromatic carbocycles. The minimum absolute atomic E-state index is 0.0144. The number of hydrogen-bond acceptors (Lipinski definition) is 5. The lowest BCUT2D eigenvalue weighted by Crippen LogP contribution is -2.20. The third kappa shape index (κ3) is 15.7. The van der Waals surface area contributed by atoms with Gasteiger partial charge in [0.05, 0.1) is 19.5 Å². The van der Waals surface area contributed by atoms with Crippen LogP contribution in [0.25, 0.3) is 5.57 Å². The molecule has 208 valence electrons. The first kappa shape index (κ1) is 37.7. The van der Waals surface area contributed by atoms with Crippen LogP contribution in [-0.2, 0) is 9.53 Å². The Morgan fingerprint density at radius 3 is 2.32 bits per heavy atom. The molecule has 0 bridgehead atoms. The number of terminal acetylenes is 1. The van der Waals surface area contributed by atoms with E-state index in [0.29, 0.717) is 19.2 Å². The lowest BCUT2D eigenvalue weighted by Gasteiger charge is -2.13. The van der Waals surface area contributed by atoms with Gasteiger partial charge in [0.15, 0.2) is 0 Å². The van der Waals surface area contributed by atoms with Crippen LogP contribution in [0.15, 0.2) is 48.6 Å². The summed E-state index contributed by atoms with van der Waals surface area (Å²) in [4.78, 5) is 20.8. The van der Waals surface area contributed by atoms with Crippen LogP contribution in [0.5, 0.6) is 5.75 Å². The number of cyclic esters (lactones) is 1. The summed E-state index contributed by atoms with van der Waals surface area (Å²) in [6, 6.07) is 6.22. The highest BCUT2D eigenvalue weighted by molar-refractivity contribution is 5.75. The van der Waals surface area contributed by atoms with Crippen LogP contribution in [0, 0.1) is 12.8 Å². The second-order valence-corrected chi connectivity index (χ2v) is 7.13. The normalized spacial score (nSPS) is 12.6. The van der Waals surface area contributed by atoms with Crippen LogP contribution in [0.1, 0.15) is 59.4 Å². The molecule has 1 saturated heterocycles. The highest BCUT2D eigenvalue weighted by Gasteiger charge is 2.28. The Morgan fingerprint density at radius 2 is 1.86 bits per heavy atom. The first-order chi connectivity index (χ1) is 17.8. The Kier molecular flexibility index (Phi) is 25.8. The molecule has 2 rings (SSSR count). The first-order valence-corrected chi connectivity index (χ1v) is 11.7. The van der Waals surface area contributed by atoms with E-state index in [0.717, 1.165) is 42.1 Å². The predicted molar refractivity (Wildman–Crippen MR) is 149 cm³/mol. The van der Waals surface area contributed by atoms with E-state index in [-0.39, 0.29) is 18.7 Å². The van der Waals surface area contributed by atoms with Crippen molar-refractivity contribution in [3.8, 4) is 18.6 Å². The third-order valence-corrected chi connectivity index (χ3v) is 4.54. The minimum atomic E-state index is -0.519. The van der Waals surface area contributed by atoms with Crippen LogP contribution < -0.4 is 15.8 Å². The van der Waals surface area contributed by atoms with Gasteiger partial charge in [0.25, 0.3) is 0 Å². The highest BCUT2D eigenvalue weighted by Crippen LogP contribution is 2.28. The summed E-state index contributed by atoms with van der Waals surface area (Å²) in [5.41, 5.74) is 8.33. The zero-order valence-electron chi connectivity index (χ0n) is 23.0. The summed E-state index contributed by atoms with van der Waals surface area (Å²) >= 11 is 0. The number of hydrogen-bond donors (Lipinski definition) is 2. The van der Waals surface area contributed by atoms with Gasteiger partial charge in [-0.1, -0.05) is 32.4 Å². The number of halogens is 2. The molecule has 0 aromatic heterocycles. The maximum Gasteiger partial charge on any atom is 0.418 e. The van der Waals surface area contributed by atoms with Gasteiger partial charge in [-0.25, -0.2) is 14.1 Å². The zero-order chi connectivity index (χ0) is 29.2. The molecule has 1 aliphatic heterocycles. The molecule has 7 nitrogen and oxygen atoms in total. The molecule has 0 saturated carbocycles. The molecule has 1 aromatic rings. The van der Waals surface area contributed by atoms with Crippen molar-refractivity contribution in [2.45, 2.75) is 53.9 Å². The third-order valence-electron chi connectivity index (χ3n) is 4.54. The van der Waals surface area contributed by atoms with Gasteiger partial charge in [-0.3, -0.25) is 9.18 Å².